The molecule has 8 heteroatoms. The summed E-state index contributed by atoms with van der Waals surface area (Å²) in [5.74, 6) is -6.98. The van der Waals surface area contributed by atoms with Crippen LogP contribution in [0, 0.1) is 23.3 Å². The predicted molar refractivity (Wildman–Crippen MR) is 127 cm³/mol. The summed E-state index contributed by atoms with van der Waals surface area (Å²) in [5, 5.41) is 3.43. The molecule has 0 bridgehead atoms. The third-order valence-corrected chi connectivity index (χ3v) is 5.64. The summed E-state index contributed by atoms with van der Waals surface area (Å²) in [6, 6.07) is 25.5. The first-order valence-corrected chi connectivity index (χ1v) is 10.5. The van der Waals surface area contributed by atoms with Crippen molar-refractivity contribution in [2.24, 2.45) is 5.11 Å². The van der Waals surface area contributed by atoms with Gasteiger partial charge in [0, 0.05) is 10.3 Å². The highest BCUT2D eigenvalue weighted by molar-refractivity contribution is 5.99. The Hall–Kier alpha value is -4.68. The van der Waals surface area contributed by atoms with Crippen LogP contribution in [0.15, 0.2) is 90.0 Å². The van der Waals surface area contributed by atoms with Gasteiger partial charge in [-0.1, -0.05) is 71.8 Å². The average molecular weight is 470 g/mol. The zero-order valence-corrected chi connectivity index (χ0v) is 17.9. The first kappa shape index (κ1) is 22.1. The van der Waals surface area contributed by atoms with Gasteiger partial charge in [-0.05, 0) is 46.0 Å². The van der Waals surface area contributed by atoms with Crippen LogP contribution in [0.5, 0.6) is 0 Å². The molecule has 4 aromatic carbocycles. The molecule has 4 nitrogen and oxygen atoms in total. The number of halogens is 4. The fraction of sp³-hybridized carbons (Fsp3) is 0. The lowest BCUT2D eigenvalue weighted by molar-refractivity contribution is 0.461. The third-order valence-electron chi connectivity index (χ3n) is 5.64. The fourth-order valence-corrected chi connectivity index (χ4v) is 4.00. The second-order valence-electron chi connectivity index (χ2n) is 7.69. The van der Waals surface area contributed by atoms with Gasteiger partial charge >= 0.3 is 0 Å². The minimum atomic E-state index is -1.79. The minimum Gasteiger partial charge on any atom is -0.248 e. The number of pyridine rings is 1. The van der Waals surface area contributed by atoms with Crippen LogP contribution in [0.4, 0.5) is 23.2 Å². The van der Waals surface area contributed by atoms with Crippen LogP contribution in [0.1, 0.15) is 0 Å². The maximum atomic E-state index is 14.9. The summed E-state index contributed by atoms with van der Waals surface area (Å²) in [4.78, 5) is 6.57. The van der Waals surface area contributed by atoms with E-state index in [9.17, 15) is 17.6 Å². The number of fused-ring (bicyclic) bond motifs is 1. The Morgan fingerprint density at radius 1 is 0.657 bits per heavy atom. The topological polar surface area (TPSA) is 61.7 Å². The molecular weight excluding hydrogens is 456 g/mol. The molecule has 0 unspecified atom stereocenters. The molecule has 0 spiro atoms. The second kappa shape index (κ2) is 8.93. The largest absolute Gasteiger partial charge is 0.248 e. The molecule has 0 aliphatic carbocycles. The minimum absolute atomic E-state index is 0.302. The molecule has 1 aromatic heterocycles. The van der Waals surface area contributed by atoms with E-state index in [0.29, 0.717) is 16.5 Å². The van der Waals surface area contributed by atoms with Crippen LogP contribution in [0.25, 0.3) is 54.9 Å². The lowest BCUT2D eigenvalue weighted by Crippen LogP contribution is -2.02. The molecular formula is C27H14F4N4. The van der Waals surface area contributed by atoms with Crippen LogP contribution >= 0.6 is 0 Å². The van der Waals surface area contributed by atoms with E-state index in [1.807, 2.05) is 60.7 Å². The van der Waals surface area contributed by atoms with Gasteiger partial charge in [0.25, 0.3) is 0 Å². The summed E-state index contributed by atoms with van der Waals surface area (Å²) in [5.41, 5.74) is 9.37. The van der Waals surface area contributed by atoms with Crippen molar-refractivity contribution in [3.8, 4) is 33.5 Å². The Morgan fingerprint density at radius 3 is 1.86 bits per heavy atom. The van der Waals surface area contributed by atoms with Gasteiger partial charge < -0.3 is 0 Å². The van der Waals surface area contributed by atoms with E-state index in [1.165, 1.54) is 6.07 Å². The highest BCUT2D eigenvalue weighted by atomic mass is 19.2. The van der Waals surface area contributed by atoms with Crippen molar-refractivity contribution >= 4 is 16.6 Å². The van der Waals surface area contributed by atoms with E-state index in [-0.39, 0.29) is 5.69 Å². The molecule has 0 aliphatic heterocycles. The van der Waals surface area contributed by atoms with Crippen molar-refractivity contribution in [1.29, 1.82) is 0 Å². The summed E-state index contributed by atoms with van der Waals surface area (Å²) >= 11 is 0. The maximum absolute atomic E-state index is 14.9. The van der Waals surface area contributed by atoms with Gasteiger partial charge in [-0.3, -0.25) is 0 Å². The van der Waals surface area contributed by atoms with Crippen LogP contribution in [0.3, 0.4) is 0 Å². The maximum Gasteiger partial charge on any atom is 0.172 e. The molecule has 0 amide bonds. The Labute approximate surface area is 196 Å². The molecule has 0 N–H and O–H groups in total. The zero-order valence-electron chi connectivity index (χ0n) is 17.9. The Bertz CT molecular complexity index is 1600. The number of azide groups is 1. The molecule has 5 aromatic rings. The highest BCUT2D eigenvalue weighted by Crippen LogP contribution is 2.39. The van der Waals surface area contributed by atoms with Crippen LogP contribution < -0.4 is 0 Å². The van der Waals surface area contributed by atoms with E-state index in [0.717, 1.165) is 16.7 Å². The summed E-state index contributed by atoms with van der Waals surface area (Å²) in [7, 11) is 0. The lowest BCUT2D eigenvalue weighted by Gasteiger charge is -2.14. The predicted octanol–water partition coefficient (Wildman–Crippen LogP) is 8.73. The van der Waals surface area contributed by atoms with Gasteiger partial charge in [0.05, 0.1) is 16.8 Å². The van der Waals surface area contributed by atoms with E-state index >= 15 is 0 Å². The molecule has 35 heavy (non-hydrogen) atoms. The van der Waals surface area contributed by atoms with Crippen LogP contribution in [0.2, 0.25) is 0 Å². The van der Waals surface area contributed by atoms with Crippen molar-refractivity contribution in [1.82, 2.24) is 4.98 Å². The number of rotatable bonds is 4. The van der Waals surface area contributed by atoms with Gasteiger partial charge in [0.1, 0.15) is 5.69 Å². The molecule has 0 fully saturated rings. The fourth-order valence-electron chi connectivity index (χ4n) is 4.00. The van der Waals surface area contributed by atoms with Crippen LogP contribution in [-0.2, 0) is 0 Å². The molecule has 0 saturated heterocycles. The number of hydrogen-bond donors (Lipinski definition) is 0. The normalized spacial score (nSPS) is 10.9. The Morgan fingerprint density at radius 2 is 1.26 bits per heavy atom. The lowest BCUT2D eigenvalue weighted by atomic mass is 9.95. The summed E-state index contributed by atoms with van der Waals surface area (Å²) in [6.07, 6.45) is 0. The first-order valence-electron chi connectivity index (χ1n) is 10.5. The van der Waals surface area contributed by atoms with Crippen molar-refractivity contribution in [2.45, 2.75) is 0 Å². The molecule has 0 saturated carbocycles. The van der Waals surface area contributed by atoms with Gasteiger partial charge in [-0.2, -0.15) is 0 Å². The summed E-state index contributed by atoms with van der Waals surface area (Å²) < 4.78 is 58.8. The number of benzene rings is 4. The van der Waals surface area contributed by atoms with Gasteiger partial charge in [-0.25, -0.2) is 22.5 Å². The zero-order chi connectivity index (χ0) is 24.5. The van der Waals surface area contributed by atoms with Gasteiger partial charge in [0.15, 0.2) is 23.3 Å². The van der Waals surface area contributed by atoms with E-state index in [2.05, 4.69) is 15.0 Å². The molecule has 0 radical (unpaired) electrons. The first-order chi connectivity index (χ1) is 17.0. The van der Waals surface area contributed by atoms with E-state index in [4.69, 9.17) is 5.53 Å². The van der Waals surface area contributed by atoms with Crippen molar-refractivity contribution in [2.75, 3.05) is 0 Å². The monoisotopic (exact) mass is 470 g/mol. The van der Waals surface area contributed by atoms with Gasteiger partial charge in [-0.15, -0.1) is 0 Å². The molecule has 5 rings (SSSR count). The smallest absolute Gasteiger partial charge is 0.172 e. The number of nitrogens with zero attached hydrogens (tertiary/aromatic N) is 4. The van der Waals surface area contributed by atoms with Crippen molar-refractivity contribution in [3.05, 3.63) is 119 Å². The second-order valence-corrected chi connectivity index (χ2v) is 7.69. The Kier molecular flexibility index (Phi) is 5.65. The van der Waals surface area contributed by atoms with E-state index < -0.39 is 34.5 Å². The number of hydrogen-bond acceptors (Lipinski definition) is 2. The average Bonchev–Trinajstić information content (AvgIpc) is 2.90. The summed E-state index contributed by atoms with van der Waals surface area (Å²) in [6.45, 7) is 0. The SMILES string of the molecule is [N-]=[N+]=Nc1c(F)c(F)c(-c2cc(-c3ccccc3)c3cc(-c4ccccc4)ccc3n2)c(F)c1F. The van der Waals surface area contributed by atoms with Crippen LogP contribution in [-0.4, -0.2) is 4.98 Å². The quantitative estimate of drug-likeness (QED) is 0.0851. The molecule has 0 aliphatic rings. The van der Waals surface area contributed by atoms with Gasteiger partial charge in [0.2, 0.25) is 0 Å². The van der Waals surface area contributed by atoms with Crippen molar-refractivity contribution < 1.29 is 17.6 Å². The van der Waals surface area contributed by atoms with E-state index in [1.54, 1.807) is 18.2 Å². The number of aromatic nitrogens is 1. The third kappa shape index (κ3) is 3.86. The van der Waals surface area contributed by atoms with Crippen molar-refractivity contribution in [3.63, 3.8) is 0 Å². The molecule has 1 heterocycles. The highest BCUT2D eigenvalue weighted by Gasteiger charge is 2.27. The molecule has 170 valence electrons. The Balaban J connectivity index is 1.82. The molecule has 0 atom stereocenters. The standard InChI is InChI=1S/C27H14F4N4/c28-23-22(24(29)26(31)27(25(23)30)34-35-32)21-14-18(16-9-5-2-6-10-16)19-13-17(11-12-20(19)33-21)15-7-3-1-4-8-15/h1-14H.